The van der Waals surface area contributed by atoms with Gasteiger partial charge in [-0.15, -0.1) is 0 Å². The molecule has 0 saturated carbocycles. The van der Waals surface area contributed by atoms with E-state index in [4.69, 9.17) is 11.6 Å². The summed E-state index contributed by atoms with van der Waals surface area (Å²) in [6.45, 7) is 0.349. The summed E-state index contributed by atoms with van der Waals surface area (Å²) in [5.41, 5.74) is 0.836. The molecule has 7 nitrogen and oxygen atoms in total. The maximum Gasteiger partial charge on any atom is 0.270 e. The monoisotopic (exact) mass is 435 g/mol. The molecule has 1 atom stereocenters. The Morgan fingerprint density at radius 1 is 1.24 bits per heavy atom. The molecule has 0 radical (unpaired) electrons. The number of benzene rings is 2. The largest absolute Gasteiger partial charge is 0.340 e. The number of nitrogens with zero attached hydrogens (tertiary/aromatic N) is 2. The first kappa shape index (κ1) is 22.7. The lowest BCUT2D eigenvalue weighted by Gasteiger charge is -2.25. The van der Waals surface area contributed by atoms with Gasteiger partial charge in [0.15, 0.2) is 0 Å². The van der Waals surface area contributed by atoms with Gasteiger partial charge >= 0.3 is 0 Å². The summed E-state index contributed by atoms with van der Waals surface area (Å²) < 4.78 is 0. The van der Waals surface area contributed by atoms with Crippen molar-refractivity contribution < 1.29 is 14.5 Å². The number of carbonyl (C=O) groups is 2. The number of hydrogen-bond acceptors (Lipinski definition) is 5. The smallest absolute Gasteiger partial charge is 0.270 e. The number of non-ortho nitro benzene ring substituents is 1. The van der Waals surface area contributed by atoms with Crippen molar-refractivity contribution in [1.82, 2.24) is 10.2 Å². The van der Waals surface area contributed by atoms with Gasteiger partial charge in [-0.3, -0.25) is 19.7 Å². The van der Waals surface area contributed by atoms with Gasteiger partial charge in [0.25, 0.3) is 11.6 Å². The Kier molecular flexibility index (Phi) is 8.48. The third-order valence-corrected chi connectivity index (χ3v) is 5.10. The number of nitrogens with one attached hydrogen (secondary N) is 1. The third-order valence-electron chi connectivity index (χ3n) is 4.22. The van der Waals surface area contributed by atoms with Gasteiger partial charge in [0.05, 0.1) is 4.92 Å². The van der Waals surface area contributed by atoms with Crippen LogP contribution in [0.4, 0.5) is 5.69 Å². The molecule has 1 N–H and O–H groups in total. The highest BCUT2D eigenvalue weighted by Crippen LogP contribution is 2.15. The van der Waals surface area contributed by atoms with Crippen molar-refractivity contribution in [3.8, 4) is 0 Å². The summed E-state index contributed by atoms with van der Waals surface area (Å²) in [6, 6.07) is 11.9. The Labute approximate surface area is 178 Å². The quantitative estimate of drug-likeness (QED) is 0.478. The summed E-state index contributed by atoms with van der Waals surface area (Å²) in [5, 5.41) is 14.2. The lowest BCUT2D eigenvalue weighted by Crippen LogP contribution is -2.47. The minimum Gasteiger partial charge on any atom is -0.340 e. The summed E-state index contributed by atoms with van der Waals surface area (Å²) in [4.78, 5) is 37.4. The topological polar surface area (TPSA) is 92.5 Å². The molecule has 2 aromatic rings. The van der Waals surface area contributed by atoms with E-state index in [-0.39, 0.29) is 17.2 Å². The van der Waals surface area contributed by atoms with Crippen molar-refractivity contribution in [3.05, 3.63) is 74.8 Å². The molecule has 29 heavy (non-hydrogen) atoms. The fourth-order valence-corrected chi connectivity index (χ4v) is 3.43. The molecule has 0 heterocycles. The van der Waals surface area contributed by atoms with E-state index >= 15 is 0 Å². The molecule has 9 heteroatoms. The maximum absolute atomic E-state index is 12.9. The second-order valence-corrected chi connectivity index (χ2v) is 7.86. The second kappa shape index (κ2) is 10.8. The van der Waals surface area contributed by atoms with E-state index in [1.165, 1.54) is 29.2 Å². The summed E-state index contributed by atoms with van der Waals surface area (Å²) in [5.74, 6) is -0.0847. The van der Waals surface area contributed by atoms with Crippen molar-refractivity contribution in [2.45, 2.75) is 19.0 Å². The third kappa shape index (κ3) is 6.76. The molecule has 2 rings (SSSR count). The highest BCUT2D eigenvalue weighted by molar-refractivity contribution is 7.98. The first-order valence-electron chi connectivity index (χ1n) is 8.85. The fourth-order valence-electron chi connectivity index (χ4n) is 2.75. The molecule has 0 saturated heterocycles. The van der Waals surface area contributed by atoms with Crippen LogP contribution in [0.3, 0.4) is 0 Å². The molecule has 0 aromatic heterocycles. The molecule has 2 amide bonds. The normalized spacial score (nSPS) is 11.6. The zero-order valence-electron chi connectivity index (χ0n) is 16.1. The minimum absolute atomic E-state index is 0.138. The van der Waals surface area contributed by atoms with Crippen LogP contribution in [0, 0.1) is 10.1 Å². The Morgan fingerprint density at radius 2 is 1.97 bits per heavy atom. The Balaban J connectivity index is 2.12. The van der Waals surface area contributed by atoms with Crippen LogP contribution in [0.25, 0.3) is 0 Å². The van der Waals surface area contributed by atoms with Gasteiger partial charge in [-0.05, 0) is 42.2 Å². The second-order valence-electron chi connectivity index (χ2n) is 6.44. The van der Waals surface area contributed by atoms with Crippen molar-refractivity contribution in [3.63, 3.8) is 0 Å². The first-order chi connectivity index (χ1) is 13.8. The summed E-state index contributed by atoms with van der Waals surface area (Å²) in [7, 11) is 1.66. The average Bonchev–Trinajstić information content (AvgIpc) is 2.70. The lowest BCUT2D eigenvalue weighted by atomic mass is 10.1. The van der Waals surface area contributed by atoms with Crippen LogP contribution in [0.15, 0.2) is 48.5 Å². The van der Waals surface area contributed by atoms with E-state index in [0.29, 0.717) is 23.7 Å². The van der Waals surface area contributed by atoms with Crippen LogP contribution < -0.4 is 5.32 Å². The zero-order valence-corrected chi connectivity index (χ0v) is 17.7. The lowest BCUT2D eigenvalue weighted by molar-refractivity contribution is -0.384. The van der Waals surface area contributed by atoms with Crippen LogP contribution in [0.5, 0.6) is 0 Å². The van der Waals surface area contributed by atoms with Gasteiger partial charge in [0.1, 0.15) is 6.04 Å². The Morgan fingerprint density at radius 3 is 2.62 bits per heavy atom. The highest BCUT2D eigenvalue weighted by Gasteiger charge is 2.25. The van der Waals surface area contributed by atoms with Crippen LogP contribution >= 0.6 is 23.4 Å². The van der Waals surface area contributed by atoms with Crippen LogP contribution in [-0.4, -0.2) is 46.7 Å². The molecular weight excluding hydrogens is 414 g/mol. The molecule has 0 spiro atoms. The number of thioether (sulfide) groups is 1. The van der Waals surface area contributed by atoms with Gasteiger partial charge in [-0.25, -0.2) is 0 Å². The molecule has 0 aliphatic rings. The predicted molar refractivity (Wildman–Crippen MR) is 115 cm³/mol. The number of hydrogen-bond donors (Lipinski definition) is 1. The number of nitro groups is 1. The van der Waals surface area contributed by atoms with E-state index in [0.717, 1.165) is 5.56 Å². The van der Waals surface area contributed by atoms with Crippen LogP contribution in [0.1, 0.15) is 22.3 Å². The number of halogens is 1. The number of carbonyl (C=O) groups excluding carboxylic acids is 2. The summed E-state index contributed by atoms with van der Waals surface area (Å²) in [6.07, 6.45) is 2.36. The van der Waals surface area contributed by atoms with E-state index < -0.39 is 16.9 Å². The van der Waals surface area contributed by atoms with Crippen molar-refractivity contribution in [2.75, 3.05) is 19.1 Å². The van der Waals surface area contributed by atoms with Crippen LogP contribution in [-0.2, 0) is 11.3 Å². The van der Waals surface area contributed by atoms with E-state index in [9.17, 15) is 19.7 Å². The number of nitro benzene ring substituents is 1. The van der Waals surface area contributed by atoms with Gasteiger partial charge in [-0.2, -0.15) is 11.8 Å². The molecule has 0 fully saturated rings. The van der Waals surface area contributed by atoms with Crippen LogP contribution in [0.2, 0.25) is 5.02 Å². The zero-order chi connectivity index (χ0) is 21.4. The van der Waals surface area contributed by atoms with Crippen molar-refractivity contribution >= 4 is 40.9 Å². The van der Waals surface area contributed by atoms with E-state index in [1.807, 2.05) is 18.4 Å². The Bertz CT molecular complexity index is 894. The molecule has 0 bridgehead atoms. The maximum atomic E-state index is 12.9. The predicted octanol–water partition coefficient (Wildman–Crippen LogP) is 3.76. The fraction of sp³-hybridized carbons (Fsp3) is 0.300. The van der Waals surface area contributed by atoms with E-state index in [2.05, 4.69) is 5.32 Å². The molecule has 1 unspecified atom stereocenters. The molecular formula is C20H22ClN3O4S. The van der Waals surface area contributed by atoms with Gasteiger partial charge in [0, 0.05) is 36.3 Å². The van der Waals surface area contributed by atoms with Crippen molar-refractivity contribution in [1.29, 1.82) is 0 Å². The standard InChI is InChI=1S/C20H22ClN3O4S/c1-23(13-14-5-3-7-16(21)11-14)20(26)18(9-10-29-2)22-19(25)15-6-4-8-17(12-15)24(27)28/h3-8,11-12,18H,9-10,13H2,1-2H3,(H,22,25). The summed E-state index contributed by atoms with van der Waals surface area (Å²) >= 11 is 7.56. The molecule has 0 aliphatic carbocycles. The number of rotatable bonds is 9. The minimum atomic E-state index is -0.738. The van der Waals surface area contributed by atoms with Gasteiger partial charge < -0.3 is 10.2 Å². The first-order valence-corrected chi connectivity index (χ1v) is 10.6. The molecule has 2 aromatic carbocycles. The number of amides is 2. The van der Waals surface area contributed by atoms with Crippen molar-refractivity contribution in [2.24, 2.45) is 0 Å². The SMILES string of the molecule is CSCCC(NC(=O)c1cccc([N+](=O)[O-])c1)C(=O)N(C)Cc1cccc(Cl)c1. The average molecular weight is 436 g/mol. The Hall–Kier alpha value is -2.58. The number of likely N-dealkylation sites (N-methyl/N-ethyl adjacent to an activating group) is 1. The van der Waals surface area contributed by atoms with Gasteiger partial charge in [0.2, 0.25) is 5.91 Å². The molecule has 154 valence electrons. The van der Waals surface area contributed by atoms with Gasteiger partial charge in [-0.1, -0.05) is 29.8 Å². The van der Waals surface area contributed by atoms with E-state index in [1.54, 1.807) is 30.9 Å². The highest BCUT2D eigenvalue weighted by atomic mass is 35.5. The molecule has 0 aliphatic heterocycles.